The fourth-order valence-corrected chi connectivity index (χ4v) is 5.53. The number of carboxylic acids is 1. The van der Waals surface area contributed by atoms with Gasteiger partial charge in [-0.25, -0.2) is 13.1 Å². The van der Waals surface area contributed by atoms with Gasteiger partial charge in [0.25, 0.3) is 0 Å². The smallest absolute Gasteiger partial charge is 0.322 e. The lowest BCUT2D eigenvalue weighted by Gasteiger charge is -2.33. The van der Waals surface area contributed by atoms with Crippen LogP contribution in [0.3, 0.4) is 0 Å². The van der Waals surface area contributed by atoms with Crippen molar-refractivity contribution in [1.29, 1.82) is 0 Å². The number of sulfonamides is 1. The van der Waals surface area contributed by atoms with Gasteiger partial charge in [0.1, 0.15) is 11.8 Å². The normalized spacial score (nSPS) is 15.7. The van der Waals surface area contributed by atoms with Gasteiger partial charge in [-0.05, 0) is 67.9 Å². The molecular weight excluding hydrogens is 454 g/mol. The number of aliphatic carboxylic acids is 1. The Morgan fingerprint density at radius 2 is 1.85 bits per heavy atom. The molecule has 2 N–H and O–H groups in total. The van der Waals surface area contributed by atoms with Crippen molar-refractivity contribution >= 4 is 21.7 Å². The van der Waals surface area contributed by atoms with Crippen LogP contribution in [0, 0.1) is 5.92 Å². The number of nitrogens with one attached hydrogen (secondary N) is 1. The predicted molar refractivity (Wildman–Crippen MR) is 133 cm³/mol. The summed E-state index contributed by atoms with van der Waals surface area (Å²) >= 11 is 0. The fraction of sp³-hybridized carbons (Fsp3) is 0.520. The number of anilines is 1. The number of aromatic nitrogens is 1. The standard InChI is InChI=1S/C25H35N3O5S/c1-2-3-18-34(31,32)27-24(25(29)30)19-21-4-6-23(7-5-21)33-17-12-20-10-15-28(16-11-20)22-8-13-26-14-9-22/h4-9,13-14,20,24,27H,2-3,10-12,15-19H2,1H3,(H,29,30). The minimum atomic E-state index is -3.62. The van der Waals surface area contributed by atoms with Gasteiger partial charge >= 0.3 is 5.97 Å². The number of carbonyl (C=O) groups is 1. The first-order valence-corrected chi connectivity index (χ1v) is 13.6. The van der Waals surface area contributed by atoms with Gasteiger partial charge in [0.15, 0.2) is 0 Å². The zero-order valence-corrected chi connectivity index (χ0v) is 20.5. The number of hydrogen-bond donors (Lipinski definition) is 2. The number of benzene rings is 1. The summed E-state index contributed by atoms with van der Waals surface area (Å²) in [4.78, 5) is 18.0. The van der Waals surface area contributed by atoms with Gasteiger partial charge in [-0.15, -0.1) is 0 Å². The molecule has 9 heteroatoms. The maximum atomic E-state index is 12.1. The van der Waals surface area contributed by atoms with E-state index in [1.54, 1.807) is 12.1 Å². The molecule has 3 rings (SSSR count). The third-order valence-corrected chi connectivity index (χ3v) is 7.66. The van der Waals surface area contributed by atoms with Gasteiger partial charge in [0, 0.05) is 31.2 Å². The van der Waals surface area contributed by atoms with Crippen molar-refractivity contribution in [2.75, 3.05) is 30.3 Å². The molecule has 0 amide bonds. The Labute approximate surface area is 202 Å². The number of rotatable bonds is 13. The third-order valence-electron chi connectivity index (χ3n) is 6.19. The summed E-state index contributed by atoms with van der Waals surface area (Å²) in [6, 6.07) is 10.1. The largest absolute Gasteiger partial charge is 0.494 e. The van der Waals surface area contributed by atoms with Crippen molar-refractivity contribution in [2.24, 2.45) is 5.92 Å². The Balaban J connectivity index is 1.41. The van der Waals surface area contributed by atoms with Gasteiger partial charge in [-0.2, -0.15) is 0 Å². The molecule has 34 heavy (non-hydrogen) atoms. The average Bonchev–Trinajstić information content (AvgIpc) is 2.84. The van der Waals surface area contributed by atoms with E-state index >= 15 is 0 Å². The number of carboxylic acid groups (broad SMARTS) is 1. The van der Waals surface area contributed by atoms with Crippen LogP contribution in [-0.2, 0) is 21.2 Å². The van der Waals surface area contributed by atoms with Crippen LogP contribution in [0.5, 0.6) is 5.75 Å². The Bertz CT molecular complexity index is 991. The second-order valence-corrected chi connectivity index (χ2v) is 10.7. The maximum absolute atomic E-state index is 12.1. The number of ether oxygens (including phenoxy) is 1. The first-order chi connectivity index (χ1) is 16.4. The summed E-state index contributed by atoms with van der Waals surface area (Å²) in [6.07, 6.45) is 8.22. The zero-order valence-electron chi connectivity index (χ0n) is 19.7. The van der Waals surface area contributed by atoms with E-state index in [-0.39, 0.29) is 12.2 Å². The molecule has 1 aliphatic heterocycles. The highest BCUT2D eigenvalue weighted by atomic mass is 32.2. The van der Waals surface area contributed by atoms with Gasteiger partial charge in [-0.1, -0.05) is 25.5 Å². The van der Waals surface area contributed by atoms with Crippen LogP contribution in [0.1, 0.15) is 44.6 Å². The molecule has 0 spiro atoms. The number of piperidine rings is 1. The highest BCUT2D eigenvalue weighted by molar-refractivity contribution is 7.89. The molecule has 1 aliphatic rings. The van der Waals surface area contributed by atoms with Crippen molar-refractivity contribution < 1.29 is 23.1 Å². The van der Waals surface area contributed by atoms with Crippen LogP contribution in [-0.4, -0.2) is 56.0 Å². The maximum Gasteiger partial charge on any atom is 0.322 e. The molecule has 1 unspecified atom stereocenters. The summed E-state index contributed by atoms with van der Waals surface area (Å²) in [6.45, 7) is 4.60. The molecule has 2 heterocycles. The molecule has 1 saturated heterocycles. The number of nitrogens with zero attached hydrogens (tertiary/aromatic N) is 2. The number of unbranched alkanes of at least 4 members (excludes halogenated alkanes) is 1. The van der Waals surface area contributed by atoms with Crippen molar-refractivity contribution in [3.63, 3.8) is 0 Å². The summed E-state index contributed by atoms with van der Waals surface area (Å²) < 4.78 is 32.4. The third kappa shape index (κ3) is 8.29. The second-order valence-electron chi connectivity index (χ2n) is 8.80. The molecule has 0 saturated carbocycles. The van der Waals surface area contributed by atoms with E-state index in [4.69, 9.17) is 4.74 Å². The van der Waals surface area contributed by atoms with Crippen LogP contribution >= 0.6 is 0 Å². The second kappa shape index (κ2) is 12.7. The molecule has 1 aromatic carbocycles. The van der Waals surface area contributed by atoms with Gasteiger partial charge in [-0.3, -0.25) is 9.78 Å². The number of pyridine rings is 1. The quantitative estimate of drug-likeness (QED) is 0.443. The number of hydrogen-bond acceptors (Lipinski definition) is 6. The van der Waals surface area contributed by atoms with E-state index < -0.39 is 22.0 Å². The van der Waals surface area contributed by atoms with E-state index in [9.17, 15) is 18.3 Å². The zero-order chi connectivity index (χ0) is 24.4. The van der Waals surface area contributed by atoms with Crippen molar-refractivity contribution in [3.8, 4) is 5.75 Å². The first kappa shape index (κ1) is 26.0. The Kier molecular flexibility index (Phi) is 9.71. The summed E-state index contributed by atoms with van der Waals surface area (Å²) in [5.74, 6) is 0.112. The van der Waals surface area contributed by atoms with E-state index in [0.717, 1.165) is 50.1 Å². The van der Waals surface area contributed by atoms with E-state index in [0.29, 0.717) is 18.9 Å². The summed E-state index contributed by atoms with van der Waals surface area (Å²) in [5, 5.41) is 9.44. The Morgan fingerprint density at radius 3 is 2.47 bits per heavy atom. The topological polar surface area (TPSA) is 109 Å². The van der Waals surface area contributed by atoms with Crippen LogP contribution < -0.4 is 14.4 Å². The van der Waals surface area contributed by atoms with Crippen LogP contribution in [0.2, 0.25) is 0 Å². The van der Waals surface area contributed by atoms with Crippen molar-refractivity contribution in [1.82, 2.24) is 9.71 Å². The monoisotopic (exact) mass is 489 g/mol. The Hall–Kier alpha value is -2.65. The lowest BCUT2D eigenvalue weighted by Crippen LogP contribution is -2.43. The molecule has 186 valence electrons. The molecule has 0 bridgehead atoms. The fourth-order valence-electron chi connectivity index (χ4n) is 4.13. The van der Waals surface area contributed by atoms with Crippen LogP contribution in [0.25, 0.3) is 0 Å². The minimum absolute atomic E-state index is 0.0666. The Morgan fingerprint density at radius 1 is 1.18 bits per heavy atom. The molecule has 0 aliphatic carbocycles. The molecule has 2 aromatic rings. The molecule has 1 atom stereocenters. The first-order valence-electron chi connectivity index (χ1n) is 12.0. The predicted octanol–water partition coefficient (Wildman–Crippen LogP) is 3.48. The molecular formula is C25H35N3O5S. The van der Waals surface area contributed by atoms with Crippen molar-refractivity contribution in [3.05, 3.63) is 54.4 Å². The highest BCUT2D eigenvalue weighted by Crippen LogP contribution is 2.25. The molecule has 1 aromatic heterocycles. The van der Waals surface area contributed by atoms with Crippen molar-refractivity contribution in [2.45, 2.75) is 51.5 Å². The molecule has 8 nitrogen and oxygen atoms in total. The van der Waals surface area contributed by atoms with Gasteiger partial charge in [0.2, 0.25) is 10.0 Å². The SMILES string of the molecule is CCCCS(=O)(=O)NC(Cc1ccc(OCCC2CCN(c3ccncc3)CC2)cc1)C(=O)O. The van der Waals surface area contributed by atoms with E-state index in [1.165, 1.54) is 5.69 Å². The molecule has 0 radical (unpaired) electrons. The molecule has 1 fully saturated rings. The lowest BCUT2D eigenvalue weighted by atomic mass is 9.93. The lowest BCUT2D eigenvalue weighted by molar-refractivity contribution is -0.138. The summed E-state index contributed by atoms with van der Waals surface area (Å²) in [7, 11) is -3.62. The van der Waals surface area contributed by atoms with Gasteiger partial charge < -0.3 is 14.7 Å². The van der Waals surface area contributed by atoms with Crippen LogP contribution in [0.15, 0.2) is 48.8 Å². The summed E-state index contributed by atoms with van der Waals surface area (Å²) in [5.41, 5.74) is 1.96. The minimum Gasteiger partial charge on any atom is -0.494 e. The average molecular weight is 490 g/mol. The highest BCUT2D eigenvalue weighted by Gasteiger charge is 2.24. The van der Waals surface area contributed by atoms with Crippen LogP contribution in [0.4, 0.5) is 5.69 Å². The van der Waals surface area contributed by atoms with E-state index in [1.807, 2.05) is 43.6 Å². The van der Waals surface area contributed by atoms with Gasteiger partial charge in [0.05, 0.1) is 12.4 Å². The van der Waals surface area contributed by atoms with E-state index in [2.05, 4.69) is 14.6 Å².